The van der Waals surface area contributed by atoms with Crippen molar-refractivity contribution in [3.63, 3.8) is 0 Å². The number of carbonyl (C=O) groups excluding carboxylic acids is 1. The van der Waals surface area contributed by atoms with E-state index in [0.717, 1.165) is 25.9 Å². The van der Waals surface area contributed by atoms with E-state index in [0.29, 0.717) is 27.9 Å². The quantitative estimate of drug-likeness (QED) is 0.850. The Morgan fingerprint density at radius 3 is 2.09 bits per heavy atom. The molecule has 6 nitrogen and oxygen atoms in total. The summed E-state index contributed by atoms with van der Waals surface area (Å²) in [5.41, 5.74) is 0.402. The molecule has 1 N–H and O–H groups in total. The van der Waals surface area contributed by atoms with Crippen molar-refractivity contribution in [2.75, 3.05) is 34.4 Å². The lowest BCUT2D eigenvalue weighted by Crippen LogP contribution is -2.44. The number of thiocarbonyl (C=S) groups is 1. The number of nitrogens with one attached hydrogen (secondary N) is 1. The number of benzene rings is 1. The van der Waals surface area contributed by atoms with Crippen molar-refractivity contribution < 1.29 is 19.0 Å². The first-order valence-electron chi connectivity index (χ1n) is 7.51. The van der Waals surface area contributed by atoms with Crippen LogP contribution in [-0.4, -0.2) is 50.3 Å². The second-order valence-electron chi connectivity index (χ2n) is 5.22. The lowest BCUT2D eigenvalue weighted by molar-refractivity contribution is 0.0971. The van der Waals surface area contributed by atoms with Crippen LogP contribution in [0.3, 0.4) is 0 Å². The van der Waals surface area contributed by atoms with Gasteiger partial charge in [0.15, 0.2) is 16.6 Å². The number of methoxy groups -OCH3 is 3. The molecule has 0 spiro atoms. The normalized spacial score (nSPS) is 14.1. The number of rotatable bonds is 4. The molecule has 1 aromatic carbocycles. The molecule has 7 heteroatoms. The Morgan fingerprint density at radius 2 is 1.61 bits per heavy atom. The van der Waals surface area contributed by atoms with Crippen LogP contribution in [-0.2, 0) is 0 Å². The van der Waals surface area contributed by atoms with Crippen molar-refractivity contribution >= 4 is 23.2 Å². The van der Waals surface area contributed by atoms with Gasteiger partial charge in [0.1, 0.15) is 0 Å². The summed E-state index contributed by atoms with van der Waals surface area (Å²) in [6.07, 6.45) is 3.40. The van der Waals surface area contributed by atoms with Crippen molar-refractivity contribution in [3.8, 4) is 17.2 Å². The number of ether oxygens (including phenoxy) is 3. The van der Waals surface area contributed by atoms with Gasteiger partial charge in [0.2, 0.25) is 5.75 Å². The van der Waals surface area contributed by atoms with Crippen LogP contribution in [0.1, 0.15) is 29.6 Å². The highest BCUT2D eigenvalue weighted by Gasteiger charge is 2.20. The van der Waals surface area contributed by atoms with E-state index in [1.807, 2.05) is 4.90 Å². The number of likely N-dealkylation sites (tertiary alicyclic amines) is 1. The van der Waals surface area contributed by atoms with E-state index in [1.165, 1.54) is 27.8 Å². The van der Waals surface area contributed by atoms with Crippen LogP contribution in [0.5, 0.6) is 17.2 Å². The maximum Gasteiger partial charge on any atom is 0.257 e. The topological polar surface area (TPSA) is 60.0 Å². The first kappa shape index (κ1) is 17.3. The number of hydrogen-bond acceptors (Lipinski definition) is 5. The van der Waals surface area contributed by atoms with Gasteiger partial charge in [-0.3, -0.25) is 10.1 Å². The van der Waals surface area contributed by atoms with Gasteiger partial charge in [0.25, 0.3) is 5.91 Å². The largest absolute Gasteiger partial charge is 0.493 e. The maximum absolute atomic E-state index is 12.5. The van der Waals surface area contributed by atoms with Gasteiger partial charge in [0.05, 0.1) is 21.3 Å². The van der Waals surface area contributed by atoms with E-state index in [9.17, 15) is 4.79 Å². The molecule has 1 aromatic rings. The van der Waals surface area contributed by atoms with Crippen LogP contribution in [0.2, 0.25) is 0 Å². The first-order valence-corrected chi connectivity index (χ1v) is 7.91. The minimum absolute atomic E-state index is 0.292. The highest BCUT2D eigenvalue weighted by Crippen LogP contribution is 2.38. The Kier molecular flexibility index (Phi) is 6.04. The Morgan fingerprint density at radius 1 is 1.04 bits per heavy atom. The van der Waals surface area contributed by atoms with Crippen LogP contribution in [0.4, 0.5) is 0 Å². The van der Waals surface area contributed by atoms with Crippen LogP contribution in [0.15, 0.2) is 12.1 Å². The second kappa shape index (κ2) is 8.01. The SMILES string of the molecule is COc1cc(C(=O)NC(=S)N2CCCCC2)cc(OC)c1OC. The van der Waals surface area contributed by atoms with E-state index in [1.54, 1.807) is 12.1 Å². The summed E-state index contributed by atoms with van der Waals surface area (Å²) in [6, 6.07) is 3.21. The summed E-state index contributed by atoms with van der Waals surface area (Å²) in [4.78, 5) is 14.5. The number of hydrogen-bond donors (Lipinski definition) is 1. The summed E-state index contributed by atoms with van der Waals surface area (Å²) in [6.45, 7) is 1.77. The lowest BCUT2D eigenvalue weighted by atomic mass is 10.1. The number of carbonyl (C=O) groups is 1. The molecule has 1 heterocycles. The zero-order valence-electron chi connectivity index (χ0n) is 13.7. The minimum atomic E-state index is -0.292. The van der Waals surface area contributed by atoms with Gasteiger partial charge in [0, 0.05) is 18.7 Å². The molecule has 0 unspecified atom stereocenters. The van der Waals surface area contributed by atoms with Gasteiger partial charge in [-0.05, 0) is 43.6 Å². The number of amides is 1. The molecule has 0 saturated carbocycles. The van der Waals surface area contributed by atoms with E-state index in [4.69, 9.17) is 26.4 Å². The molecule has 1 aliphatic heterocycles. The molecule has 0 radical (unpaired) electrons. The van der Waals surface area contributed by atoms with Crippen molar-refractivity contribution in [2.24, 2.45) is 0 Å². The van der Waals surface area contributed by atoms with Gasteiger partial charge < -0.3 is 19.1 Å². The fourth-order valence-corrected chi connectivity index (χ4v) is 2.83. The van der Waals surface area contributed by atoms with Crippen LogP contribution < -0.4 is 19.5 Å². The zero-order chi connectivity index (χ0) is 16.8. The molecule has 1 saturated heterocycles. The Bertz CT molecular complexity index is 560. The van der Waals surface area contributed by atoms with E-state index in [2.05, 4.69) is 5.32 Å². The molecular formula is C16H22N2O4S. The van der Waals surface area contributed by atoms with Gasteiger partial charge in [-0.1, -0.05) is 0 Å². The molecule has 0 atom stereocenters. The van der Waals surface area contributed by atoms with Crippen LogP contribution in [0.25, 0.3) is 0 Å². The smallest absolute Gasteiger partial charge is 0.257 e. The monoisotopic (exact) mass is 338 g/mol. The Labute approximate surface area is 141 Å². The number of nitrogens with zero attached hydrogens (tertiary/aromatic N) is 1. The minimum Gasteiger partial charge on any atom is -0.493 e. The predicted octanol–water partition coefficient (Wildman–Crippen LogP) is 2.21. The molecule has 0 aromatic heterocycles. The van der Waals surface area contributed by atoms with E-state index >= 15 is 0 Å². The third-order valence-electron chi connectivity index (χ3n) is 3.79. The molecule has 126 valence electrons. The second-order valence-corrected chi connectivity index (χ2v) is 5.61. The fraction of sp³-hybridized carbons (Fsp3) is 0.500. The summed E-state index contributed by atoms with van der Waals surface area (Å²) in [7, 11) is 4.54. The third kappa shape index (κ3) is 4.04. The molecular weight excluding hydrogens is 316 g/mol. The van der Waals surface area contributed by atoms with Crippen molar-refractivity contribution in [1.82, 2.24) is 10.2 Å². The molecule has 2 rings (SSSR count). The summed E-state index contributed by atoms with van der Waals surface area (Å²) in [5, 5.41) is 3.23. The van der Waals surface area contributed by atoms with Gasteiger partial charge >= 0.3 is 0 Å². The summed E-state index contributed by atoms with van der Waals surface area (Å²) >= 11 is 5.33. The highest BCUT2D eigenvalue weighted by molar-refractivity contribution is 7.80. The molecule has 1 aliphatic rings. The van der Waals surface area contributed by atoms with Gasteiger partial charge in [-0.15, -0.1) is 0 Å². The fourth-order valence-electron chi connectivity index (χ4n) is 2.56. The first-order chi connectivity index (χ1) is 11.1. The summed E-state index contributed by atoms with van der Waals surface area (Å²) < 4.78 is 15.8. The maximum atomic E-state index is 12.5. The molecule has 1 fully saturated rings. The third-order valence-corrected chi connectivity index (χ3v) is 4.15. The predicted molar refractivity (Wildman–Crippen MR) is 91.6 cm³/mol. The standard InChI is InChI=1S/C16H22N2O4S/c1-20-12-9-11(10-13(21-2)14(12)22-3)15(19)17-16(23)18-7-5-4-6-8-18/h9-10H,4-8H2,1-3H3,(H,17,19,23). The average Bonchev–Trinajstić information content (AvgIpc) is 2.60. The Hall–Kier alpha value is -2.02. The van der Waals surface area contributed by atoms with Crippen LogP contribution in [0, 0.1) is 0 Å². The molecule has 23 heavy (non-hydrogen) atoms. The summed E-state index contributed by atoms with van der Waals surface area (Å²) in [5.74, 6) is 1.02. The average molecular weight is 338 g/mol. The van der Waals surface area contributed by atoms with E-state index in [-0.39, 0.29) is 5.91 Å². The van der Waals surface area contributed by atoms with Crippen molar-refractivity contribution in [2.45, 2.75) is 19.3 Å². The van der Waals surface area contributed by atoms with Gasteiger partial charge in [-0.25, -0.2) is 0 Å². The Balaban J connectivity index is 2.16. The molecule has 0 aliphatic carbocycles. The number of piperidine rings is 1. The van der Waals surface area contributed by atoms with E-state index < -0.39 is 0 Å². The van der Waals surface area contributed by atoms with Crippen LogP contribution >= 0.6 is 12.2 Å². The van der Waals surface area contributed by atoms with Crippen molar-refractivity contribution in [3.05, 3.63) is 17.7 Å². The van der Waals surface area contributed by atoms with Gasteiger partial charge in [-0.2, -0.15) is 0 Å². The molecule has 0 bridgehead atoms. The zero-order valence-corrected chi connectivity index (χ0v) is 14.5. The molecule has 1 amide bonds. The highest BCUT2D eigenvalue weighted by atomic mass is 32.1. The lowest BCUT2D eigenvalue weighted by Gasteiger charge is -2.28. The van der Waals surface area contributed by atoms with Crippen molar-refractivity contribution in [1.29, 1.82) is 0 Å².